The van der Waals surface area contributed by atoms with E-state index in [1.165, 1.54) is 0 Å². The van der Waals surface area contributed by atoms with Crippen molar-refractivity contribution in [2.75, 3.05) is 19.7 Å². The number of ether oxygens (including phenoxy) is 1. The van der Waals surface area contributed by atoms with Gasteiger partial charge in [-0.05, 0) is 25.8 Å². The topological polar surface area (TPSA) is 105 Å². The number of urea groups is 1. The first-order chi connectivity index (χ1) is 12.8. The van der Waals surface area contributed by atoms with Crippen molar-refractivity contribution < 1.29 is 23.9 Å². The second-order valence-corrected chi connectivity index (χ2v) is 6.76. The van der Waals surface area contributed by atoms with Gasteiger partial charge >= 0.3 is 12.0 Å². The molecule has 0 radical (unpaired) electrons. The van der Waals surface area contributed by atoms with E-state index >= 15 is 0 Å². The van der Waals surface area contributed by atoms with Crippen LogP contribution in [0.1, 0.15) is 25.8 Å². The van der Waals surface area contributed by atoms with Crippen LogP contribution in [0.5, 0.6) is 0 Å². The Morgan fingerprint density at radius 1 is 1.22 bits per heavy atom. The molecule has 0 aromatic heterocycles. The van der Waals surface area contributed by atoms with Gasteiger partial charge in [0.25, 0.3) is 5.91 Å². The highest BCUT2D eigenvalue weighted by atomic mass is 16.5. The quantitative estimate of drug-likeness (QED) is 0.688. The van der Waals surface area contributed by atoms with Gasteiger partial charge in [-0.25, -0.2) is 4.79 Å². The summed E-state index contributed by atoms with van der Waals surface area (Å²) in [5.41, 5.74) is 1.12. The van der Waals surface area contributed by atoms with Crippen molar-refractivity contribution in [1.82, 2.24) is 15.5 Å². The summed E-state index contributed by atoms with van der Waals surface area (Å²) < 4.78 is 4.94. The molecule has 2 N–H and O–H groups in total. The van der Waals surface area contributed by atoms with E-state index in [0.29, 0.717) is 13.0 Å². The third kappa shape index (κ3) is 6.73. The maximum atomic E-state index is 12.1. The van der Waals surface area contributed by atoms with E-state index in [1.54, 1.807) is 18.7 Å². The van der Waals surface area contributed by atoms with Crippen LogP contribution in [0.4, 0.5) is 4.79 Å². The lowest BCUT2D eigenvalue weighted by atomic mass is 10.1. The fourth-order valence-electron chi connectivity index (χ4n) is 2.77. The molecule has 1 aliphatic heterocycles. The highest BCUT2D eigenvalue weighted by Crippen LogP contribution is 2.19. The molecule has 8 heteroatoms. The predicted molar refractivity (Wildman–Crippen MR) is 97.6 cm³/mol. The van der Waals surface area contributed by atoms with Gasteiger partial charge in [0.15, 0.2) is 6.61 Å². The second-order valence-electron chi connectivity index (χ2n) is 6.76. The van der Waals surface area contributed by atoms with Gasteiger partial charge in [-0.15, -0.1) is 0 Å². The highest BCUT2D eigenvalue weighted by molar-refractivity contribution is 5.96. The molecule has 1 atom stereocenters. The maximum Gasteiger partial charge on any atom is 0.321 e. The van der Waals surface area contributed by atoms with Crippen molar-refractivity contribution in [3.8, 4) is 0 Å². The Balaban J connectivity index is 1.73. The minimum Gasteiger partial charge on any atom is -0.455 e. The molecule has 27 heavy (non-hydrogen) atoms. The third-order valence-electron chi connectivity index (χ3n) is 4.08. The van der Waals surface area contributed by atoms with Crippen LogP contribution >= 0.6 is 0 Å². The van der Waals surface area contributed by atoms with Crippen molar-refractivity contribution in [3.63, 3.8) is 0 Å². The summed E-state index contributed by atoms with van der Waals surface area (Å²) >= 11 is 0. The van der Waals surface area contributed by atoms with Crippen LogP contribution in [0.3, 0.4) is 0 Å². The van der Waals surface area contributed by atoms with Crippen molar-refractivity contribution in [3.05, 3.63) is 35.9 Å². The van der Waals surface area contributed by atoms with E-state index in [1.807, 2.05) is 30.3 Å². The first-order valence-electron chi connectivity index (χ1n) is 8.94. The Labute approximate surface area is 158 Å². The molecule has 1 aliphatic rings. The Bertz CT molecular complexity index is 690. The second kappa shape index (κ2) is 9.70. The number of hydrogen-bond donors (Lipinski definition) is 2. The maximum absolute atomic E-state index is 12.1. The summed E-state index contributed by atoms with van der Waals surface area (Å²) in [6.07, 6.45) is 0.783. The summed E-state index contributed by atoms with van der Waals surface area (Å²) in [5.74, 6) is -2.02. The molecule has 1 saturated heterocycles. The van der Waals surface area contributed by atoms with Crippen LogP contribution in [-0.4, -0.2) is 54.5 Å². The minimum atomic E-state index is -0.716. The Morgan fingerprint density at radius 3 is 2.59 bits per heavy atom. The zero-order chi connectivity index (χ0) is 19.8. The summed E-state index contributed by atoms with van der Waals surface area (Å²) in [6.45, 7) is 3.76. The van der Waals surface area contributed by atoms with Gasteiger partial charge < -0.3 is 15.0 Å². The first kappa shape index (κ1) is 20.4. The van der Waals surface area contributed by atoms with Crippen molar-refractivity contribution in [2.45, 2.75) is 32.7 Å². The van der Waals surface area contributed by atoms with Crippen LogP contribution in [0.25, 0.3) is 0 Å². The molecule has 0 bridgehead atoms. The fourth-order valence-corrected chi connectivity index (χ4v) is 2.77. The van der Waals surface area contributed by atoms with Gasteiger partial charge in [0.05, 0.1) is 5.92 Å². The summed E-state index contributed by atoms with van der Waals surface area (Å²) in [6, 6.07) is 9.02. The normalized spacial score (nSPS) is 16.3. The number of esters is 1. The molecular weight excluding hydrogens is 350 g/mol. The smallest absolute Gasteiger partial charge is 0.321 e. The van der Waals surface area contributed by atoms with Crippen LogP contribution in [0, 0.1) is 5.92 Å². The number of rotatable bonds is 7. The monoisotopic (exact) mass is 375 g/mol. The molecule has 0 unspecified atom stereocenters. The van der Waals surface area contributed by atoms with Crippen LogP contribution < -0.4 is 10.6 Å². The van der Waals surface area contributed by atoms with Gasteiger partial charge in [-0.1, -0.05) is 30.3 Å². The standard InChI is InChI=1S/C19H25N3O5/c1-13(2)20-19(26)21-16(23)12-27-18(25)15-10-17(24)22(11-15)9-8-14-6-4-3-5-7-14/h3-7,13,15H,8-12H2,1-2H3,(H2,20,21,23,26)/t15-/m0/s1. The molecule has 2 rings (SSSR count). The molecule has 0 saturated carbocycles. The lowest BCUT2D eigenvalue weighted by molar-refractivity contribution is -0.152. The van der Waals surface area contributed by atoms with E-state index in [4.69, 9.17) is 4.74 Å². The average molecular weight is 375 g/mol. The van der Waals surface area contributed by atoms with E-state index in [0.717, 1.165) is 5.56 Å². The molecular formula is C19H25N3O5. The number of nitrogens with zero attached hydrogens (tertiary/aromatic N) is 1. The average Bonchev–Trinajstić information content (AvgIpc) is 2.99. The lowest BCUT2D eigenvalue weighted by Gasteiger charge is -2.16. The highest BCUT2D eigenvalue weighted by Gasteiger charge is 2.35. The number of carbonyl (C=O) groups excluding carboxylic acids is 4. The number of nitrogens with one attached hydrogen (secondary N) is 2. The van der Waals surface area contributed by atoms with Crippen molar-refractivity contribution in [1.29, 1.82) is 0 Å². The van der Waals surface area contributed by atoms with E-state index in [2.05, 4.69) is 10.6 Å². The van der Waals surface area contributed by atoms with E-state index in [-0.39, 0.29) is 24.9 Å². The molecule has 0 spiro atoms. The van der Waals surface area contributed by atoms with Gasteiger partial charge in [0, 0.05) is 25.6 Å². The number of imide groups is 1. The molecule has 146 valence electrons. The molecule has 1 aromatic carbocycles. The molecule has 8 nitrogen and oxygen atoms in total. The number of likely N-dealkylation sites (tertiary alicyclic amines) is 1. The Morgan fingerprint density at radius 2 is 1.93 bits per heavy atom. The minimum absolute atomic E-state index is 0.0725. The Kier molecular flexibility index (Phi) is 7.34. The summed E-state index contributed by atoms with van der Waals surface area (Å²) in [5, 5.41) is 4.56. The molecule has 1 aromatic rings. The molecule has 1 heterocycles. The zero-order valence-corrected chi connectivity index (χ0v) is 15.6. The zero-order valence-electron chi connectivity index (χ0n) is 15.6. The molecule has 4 amide bonds. The molecule has 1 fully saturated rings. The summed E-state index contributed by atoms with van der Waals surface area (Å²) in [4.78, 5) is 48.8. The number of amides is 4. The van der Waals surface area contributed by atoms with Gasteiger partial charge in [-0.2, -0.15) is 0 Å². The first-order valence-corrected chi connectivity index (χ1v) is 8.94. The lowest BCUT2D eigenvalue weighted by Crippen LogP contribution is -2.44. The Hall–Kier alpha value is -2.90. The predicted octanol–water partition coefficient (Wildman–Crippen LogP) is 0.855. The SMILES string of the molecule is CC(C)NC(=O)NC(=O)COC(=O)[C@H]1CC(=O)N(CCc2ccccc2)C1. The third-order valence-corrected chi connectivity index (χ3v) is 4.08. The van der Waals surface area contributed by atoms with E-state index < -0.39 is 30.4 Å². The van der Waals surface area contributed by atoms with E-state index in [9.17, 15) is 19.2 Å². The van der Waals surface area contributed by atoms with Crippen LogP contribution in [0.15, 0.2) is 30.3 Å². The molecule has 0 aliphatic carbocycles. The fraction of sp³-hybridized carbons (Fsp3) is 0.474. The van der Waals surface area contributed by atoms with Gasteiger partial charge in [-0.3, -0.25) is 19.7 Å². The van der Waals surface area contributed by atoms with Crippen LogP contribution in [-0.2, 0) is 25.5 Å². The van der Waals surface area contributed by atoms with Crippen molar-refractivity contribution in [2.24, 2.45) is 5.92 Å². The van der Waals surface area contributed by atoms with Gasteiger partial charge in [0.1, 0.15) is 0 Å². The number of carbonyl (C=O) groups is 4. The summed E-state index contributed by atoms with van der Waals surface area (Å²) in [7, 11) is 0. The largest absolute Gasteiger partial charge is 0.455 e. The van der Waals surface area contributed by atoms with Crippen molar-refractivity contribution >= 4 is 23.8 Å². The van der Waals surface area contributed by atoms with Gasteiger partial charge in [0.2, 0.25) is 5.91 Å². The number of benzene rings is 1. The van der Waals surface area contributed by atoms with Crippen LogP contribution in [0.2, 0.25) is 0 Å². The number of hydrogen-bond acceptors (Lipinski definition) is 5.